The zero-order chi connectivity index (χ0) is 16.9. The Bertz CT molecular complexity index is 786. The van der Waals surface area contributed by atoms with Gasteiger partial charge in [0, 0.05) is 6.54 Å². The van der Waals surface area contributed by atoms with E-state index in [1.165, 1.54) is 12.1 Å². The molecule has 0 saturated carbocycles. The lowest BCUT2D eigenvalue weighted by molar-refractivity contribution is -0.120. The van der Waals surface area contributed by atoms with E-state index >= 15 is 0 Å². The van der Waals surface area contributed by atoms with Gasteiger partial charge in [-0.1, -0.05) is 24.3 Å². The zero-order valence-electron chi connectivity index (χ0n) is 12.7. The Morgan fingerprint density at radius 3 is 2.43 bits per heavy atom. The van der Waals surface area contributed by atoms with E-state index in [4.69, 9.17) is 9.88 Å². The van der Waals surface area contributed by atoms with Crippen LogP contribution in [0.25, 0.3) is 0 Å². The summed E-state index contributed by atoms with van der Waals surface area (Å²) < 4.78 is 27.4. The Hall–Kier alpha value is -2.38. The molecule has 0 aliphatic rings. The van der Waals surface area contributed by atoms with Gasteiger partial charge < -0.3 is 10.1 Å². The highest BCUT2D eigenvalue weighted by Crippen LogP contribution is 2.13. The monoisotopic (exact) mass is 334 g/mol. The van der Waals surface area contributed by atoms with E-state index in [1.54, 1.807) is 25.3 Å². The van der Waals surface area contributed by atoms with Gasteiger partial charge in [0.25, 0.3) is 0 Å². The molecule has 3 N–H and O–H groups in total. The molecule has 0 saturated heterocycles. The molecule has 0 unspecified atom stereocenters. The van der Waals surface area contributed by atoms with Gasteiger partial charge >= 0.3 is 0 Å². The van der Waals surface area contributed by atoms with E-state index < -0.39 is 10.0 Å². The van der Waals surface area contributed by atoms with Crippen molar-refractivity contribution in [3.63, 3.8) is 0 Å². The van der Waals surface area contributed by atoms with Gasteiger partial charge in [0.05, 0.1) is 18.4 Å². The van der Waals surface area contributed by atoms with Gasteiger partial charge in [-0.3, -0.25) is 4.79 Å². The van der Waals surface area contributed by atoms with E-state index in [2.05, 4.69) is 5.32 Å². The van der Waals surface area contributed by atoms with Crippen molar-refractivity contribution in [3.8, 4) is 5.75 Å². The standard InChI is InChI=1S/C16H18N2O4S/c1-22-14-4-2-3-13(9-14)10-16(19)18-11-12-5-7-15(8-6-12)23(17,20)21/h2-9H,10-11H2,1H3,(H,18,19)(H2,17,20,21). The molecule has 0 radical (unpaired) electrons. The van der Waals surface area contributed by atoms with Crippen LogP contribution in [-0.4, -0.2) is 21.4 Å². The molecular weight excluding hydrogens is 316 g/mol. The van der Waals surface area contributed by atoms with Crippen LogP contribution in [-0.2, 0) is 27.8 Å². The Balaban J connectivity index is 1.91. The van der Waals surface area contributed by atoms with E-state index in [0.29, 0.717) is 12.3 Å². The number of carbonyl (C=O) groups excluding carboxylic acids is 1. The summed E-state index contributed by atoms with van der Waals surface area (Å²) in [4.78, 5) is 12.0. The first-order valence-corrected chi connectivity index (χ1v) is 8.44. The number of nitrogens with one attached hydrogen (secondary N) is 1. The van der Waals surface area contributed by atoms with E-state index in [0.717, 1.165) is 11.1 Å². The van der Waals surface area contributed by atoms with Crippen LogP contribution in [0.15, 0.2) is 53.4 Å². The van der Waals surface area contributed by atoms with Crippen LogP contribution in [0, 0.1) is 0 Å². The molecule has 0 spiro atoms. The SMILES string of the molecule is COc1cccc(CC(=O)NCc2ccc(S(N)(=O)=O)cc2)c1. The van der Waals surface area contributed by atoms with Gasteiger partial charge in [0.15, 0.2) is 0 Å². The van der Waals surface area contributed by atoms with Crippen molar-refractivity contribution in [3.05, 3.63) is 59.7 Å². The van der Waals surface area contributed by atoms with Crippen LogP contribution in [0.1, 0.15) is 11.1 Å². The van der Waals surface area contributed by atoms with Crippen LogP contribution in [0.4, 0.5) is 0 Å². The molecule has 7 heteroatoms. The quantitative estimate of drug-likeness (QED) is 0.829. The number of carbonyl (C=O) groups is 1. The van der Waals surface area contributed by atoms with Gasteiger partial charge in [-0.05, 0) is 35.4 Å². The number of benzene rings is 2. The van der Waals surface area contributed by atoms with Crippen LogP contribution in [0.2, 0.25) is 0 Å². The maximum Gasteiger partial charge on any atom is 0.238 e. The number of methoxy groups -OCH3 is 1. The third kappa shape index (κ3) is 5.08. The van der Waals surface area contributed by atoms with Crippen molar-refractivity contribution in [1.82, 2.24) is 5.32 Å². The number of hydrogen-bond donors (Lipinski definition) is 2. The molecule has 0 atom stereocenters. The Kier molecular flexibility index (Phi) is 5.36. The molecule has 1 amide bonds. The number of nitrogens with two attached hydrogens (primary N) is 1. The van der Waals surface area contributed by atoms with Gasteiger partial charge in [-0.25, -0.2) is 13.6 Å². The highest BCUT2D eigenvalue weighted by Gasteiger charge is 2.08. The van der Waals surface area contributed by atoms with Crippen LogP contribution in [0.5, 0.6) is 5.75 Å². The second-order valence-electron chi connectivity index (χ2n) is 4.99. The predicted molar refractivity (Wildman–Crippen MR) is 86.4 cm³/mol. The molecule has 0 bridgehead atoms. The molecule has 2 aromatic rings. The average molecular weight is 334 g/mol. The maximum atomic E-state index is 11.9. The van der Waals surface area contributed by atoms with Crippen LogP contribution >= 0.6 is 0 Å². The van der Waals surface area contributed by atoms with Crippen molar-refractivity contribution in [2.75, 3.05) is 7.11 Å². The van der Waals surface area contributed by atoms with E-state index in [9.17, 15) is 13.2 Å². The zero-order valence-corrected chi connectivity index (χ0v) is 13.5. The van der Waals surface area contributed by atoms with Gasteiger partial charge in [0.2, 0.25) is 15.9 Å². The molecule has 6 nitrogen and oxygen atoms in total. The average Bonchev–Trinajstić information content (AvgIpc) is 2.52. The van der Waals surface area contributed by atoms with Crippen LogP contribution in [0.3, 0.4) is 0 Å². The Morgan fingerprint density at radius 2 is 1.83 bits per heavy atom. The topological polar surface area (TPSA) is 98.5 Å². The minimum Gasteiger partial charge on any atom is -0.497 e. The summed E-state index contributed by atoms with van der Waals surface area (Å²) in [7, 11) is -2.12. The second-order valence-corrected chi connectivity index (χ2v) is 6.56. The first-order valence-electron chi connectivity index (χ1n) is 6.90. The fraction of sp³-hybridized carbons (Fsp3) is 0.188. The van der Waals surface area contributed by atoms with E-state index in [-0.39, 0.29) is 17.2 Å². The molecule has 0 fully saturated rings. The van der Waals surface area contributed by atoms with Crippen molar-refractivity contribution in [1.29, 1.82) is 0 Å². The summed E-state index contributed by atoms with van der Waals surface area (Å²) in [6.07, 6.45) is 0.243. The summed E-state index contributed by atoms with van der Waals surface area (Å²) in [6, 6.07) is 13.4. The second kappa shape index (κ2) is 7.26. The number of amides is 1. The van der Waals surface area contributed by atoms with Crippen LogP contribution < -0.4 is 15.2 Å². The van der Waals surface area contributed by atoms with Crippen molar-refractivity contribution >= 4 is 15.9 Å². The van der Waals surface area contributed by atoms with Crippen molar-refractivity contribution in [2.24, 2.45) is 5.14 Å². The molecule has 0 heterocycles. The fourth-order valence-electron chi connectivity index (χ4n) is 2.03. The number of hydrogen-bond acceptors (Lipinski definition) is 4. The lowest BCUT2D eigenvalue weighted by Crippen LogP contribution is -2.24. The third-order valence-corrected chi connectivity index (χ3v) is 4.17. The lowest BCUT2D eigenvalue weighted by Gasteiger charge is -2.07. The number of ether oxygens (including phenoxy) is 1. The fourth-order valence-corrected chi connectivity index (χ4v) is 2.54. The van der Waals surface area contributed by atoms with E-state index in [1.807, 2.05) is 18.2 Å². The summed E-state index contributed by atoms with van der Waals surface area (Å²) in [5.41, 5.74) is 1.64. The molecule has 2 rings (SSSR count). The number of rotatable bonds is 6. The minimum absolute atomic E-state index is 0.0453. The minimum atomic E-state index is -3.70. The molecule has 0 aliphatic heterocycles. The summed E-state index contributed by atoms with van der Waals surface area (Å²) in [6.45, 7) is 0.313. The first-order chi connectivity index (χ1) is 10.9. The predicted octanol–water partition coefficient (Wildman–Crippen LogP) is 1.20. The molecule has 23 heavy (non-hydrogen) atoms. The summed E-state index contributed by atoms with van der Waals surface area (Å²) in [5, 5.41) is 7.81. The largest absolute Gasteiger partial charge is 0.497 e. The highest BCUT2D eigenvalue weighted by atomic mass is 32.2. The van der Waals surface area contributed by atoms with Gasteiger partial charge in [-0.2, -0.15) is 0 Å². The van der Waals surface area contributed by atoms with Gasteiger partial charge in [0.1, 0.15) is 5.75 Å². The Morgan fingerprint density at radius 1 is 1.13 bits per heavy atom. The Labute approximate surface area is 135 Å². The number of primary sulfonamides is 1. The smallest absolute Gasteiger partial charge is 0.238 e. The summed E-state index contributed by atoms with van der Waals surface area (Å²) in [5.74, 6) is 0.572. The molecule has 0 aliphatic carbocycles. The van der Waals surface area contributed by atoms with Crippen molar-refractivity contribution < 1.29 is 17.9 Å². The molecule has 2 aromatic carbocycles. The lowest BCUT2D eigenvalue weighted by atomic mass is 10.1. The first kappa shape index (κ1) is 17.0. The molecule has 0 aromatic heterocycles. The normalized spacial score (nSPS) is 11.0. The molecule has 122 valence electrons. The van der Waals surface area contributed by atoms with Gasteiger partial charge in [-0.15, -0.1) is 0 Å². The van der Waals surface area contributed by atoms with Crippen molar-refractivity contribution in [2.45, 2.75) is 17.9 Å². The third-order valence-electron chi connectivity index (χ3n) is 3.24. The summed E-state index contributed by atoms with van der Waals surface area (Å²) >= 11 is 0. The molecular formula is C16H18N2O4S. The highest BCUT2D eigenvalue weighted by molar-refractivity contribution is 7.89. The maximum absolute atomic E-state index is 11.9. The number of sulfonamides is 1.